The molecule has 2 N–H and O–H groups in total. The van der Waals surface area contributed by atoms with E-state index in [9.17, 15) is 0 Å². The number of hydrogen-bond donors (Lipinski definition) is 1. The minimum Gasteiger partial charge on any atom is -0.339 e. The lowest BCUT2D eigenvalue weighted by Crippen LogP contribution is -2.19. The van der Waals surface area contributed by atoms with E-state index in [0.717, 1.165) is 18.7 Å². The molecule has 0 saturated heterocycles. The minimum atomic E-state index is 0.174. The minimum absolute atomic E-state index is 0.174. The average molecular weight is 251 g/mol. The topological polar surface area (TPSA) is 64.9 Å². The smallest absolute Gasteiger partial charge is 0.231 e. The molecule has 2 atom stereocenters. The van der Waals surface area contributed by atoms with Gasteiger partial charge in [-0.3, -0.25) is 0 Å². The van der Waals surface area contributed by atoms with Gasteiger partial charge >= 0.3 is 0 Å². The molecule has 0 aliphatic heterocycles. The Balaban J connectivity index is 2.09. The van der Waals surface area contributed by atoms with Crippen LogP contribution in [0.25, 0.3) is 0 Å². The van der Waals surface area contributed by atoms with Crippen molar-refractivity contribution in [3.8, 4) is 0 Å². The summed E-state index contributed by atoms with van der Waals surface area (Å²) in [5, 5.41) is 4.13. The predicted molar refractivity (Wildman–Crippen MR) is 71.3 cm³/mol. The van der Waals surface area contributed by atoms with E-state index >= 15 is 0 Å². The van der Waals surface area contributed by atoms with Gasteiger partial charge in [-0.05, 0) is 23.7 Å². The van der Waals surface area contributed by atoms with Gasteiger partial charge in [-0.1, -0.05) is 39.8 Å². The molecule has 1 fully saturated rings. The Hall–Kier alpha value is -0.900. The summed E-state index contributed by atoms with van der Waals surface area (Å²) < 4.78 is 5.42. The lowest BCUT2D eigenvalue weighted by Gasteiger charge is -2.22. The summed E-state index contributed by atoms with van der Waals surface area (Å²) in [6.45, 7) is 11.7. The van der Waals surface area contributed by atoms with E-state index in [4.69, 9.17) is 10.3 Å². The molecule has 2 unspecified atom stereocenters. The van der Waals surface area contributed by atoms with E-state index in [1.54, 1.807) is 0 Å². The Morgan fingerprint density at radius 3 is 2.50 bits per heavy atom. The van der Waals surface area contributed by atoms with Crippen molar-refractivity contribution >= 4 is 0 Å². The van der Waals surface area contributed by atoms with Gasteiger partial charge in [-0.2, -0.15) is 4.98 Å². The van der Waals surface area contributed by atoms with Crippen LogP contribution in [0.4, 0.5) is 0 Å². The molecule has 1 saturated carbocycles. The quantitative estimate of drug-likeness (QED) is 0.893. The van der Waals surface area contributed by atoms with E-state index in [2.05, 4.69) is 44.8 Å². The maximum Gasteiger partial charge on any atom is 0.231 e. The van der Waals surface area contributed by atoms with E-state index in [0.29, 0.717) is 23.8 Å². The third-order valence-electron chi connectivity index (χ3n) is 3.78. The van der Waals surface area contributed by atoms with Gasteiger partial charge in [-0.25, -0.2) is 0 Å². The van der Waals surface area contributed by atoms with Crippen molar-refractivity contribution in [2.24, 2.45) is 16.6 Å². The van der Waals surface area contributed by atoms with Gasteiger partial charge < -0.3 is 10.3 Å². The van der Waals surface area contributed by atoms with Gasteiger partial charge in [0.15, 0.2) is 5.82 Å². The molecule has 0 spiro atoms. The molecule has 102 valence electrons. The standard InChI is InChI=1S/C14H25N3O/c1-13(2,3)6-9(8-15)12-16-11(17-18-12)10-7-14(10,4)5/h9-10H,6-8,15H2,1-5H3. The molecular weight excluding hydrogens is 226 g/mol. The summed E-state index contributed by atoms with van der Waals surface area (Å²) in [5.74, 6) is 2.21. The zero-order chi connectivity index (χ0) is 13.6. The van der Waals surface area contributed by atoms with E-state index in [1.165, 1.54) is 0 Å². The summed E-state index contributed by atoms with van der Waals surface area (Å²) in [5.41, 5.74) is 6.39. The molecule has 1 heterocycles. The molecule has 1 aromatic rings. The zero-order valence-electron chi connectivity index (χ0n) is 12.2. The zero-order valence-corrected chi connectivity index (χ0v) is 12.2. The van der Waals surface area contributed by atoms with E-state index in [-0.39, 0.29) is 11.3 Å². The van der Waals surface area contributed by atoms with Crippen molar-refractivity contribution in [3.05, 3.63) is 11.7 Å². The highest BCUT2D eigenvalue weighted by molar-refractivity contribution is 5.15. The highest BCUT2D eigenvalue weighted by Crippen LogP contribution is 2.57. The van der Waals surface area contributed by atoms with Crippen LogP contribution in [0.3, 0.4) is 0 Å². The lowest BCUT2D eigenvalue weighted by molar-refractivity contribution is 0.286. The SMILES string of the molecule is CC(C)(C)CC(CN)c1nc(C2CC2(C)C)no1. The number of aromatic nitrogens is 2. The number of nitrogens with zero attached hydrogens (tertiary/aromatic N) is 2. The first kappa shape index (κ1) is 13.5. The molecule has 4 nitrogen and oxygen atoms in total. The summed E-state index contributed by atoms with van der Waals surface area (Å²) in [6, 6.07) is 0. The second-order valence-electron chi connectivity index (χ2n) is 7.43. The molecule has 2 rings (SSSR count). The van der Waals surface area contributed by atoms with Crippen molar-refractivity contribution < 1.29 is 4.52 Å². The van der Waals surface area contributed by atoms with Gasteiger partial charge in [0, 0.05) is 12.5 Å². The summed E-state index contributed by atoms with van der Waals surface area (Å²) in [4.78, 5) is 4.57. The average Bonchev–Trinajstić information content (AvgIpc) is 2.70. The first-order valence-electron chi connectivity index (χ1n) is 6.76. The van der Waals surface area contributed by atoms with Crippen molar-refractivity contribution in [1.82, 2.24) is 10.1 Å². The Bertz CT molecular complexity index is 417. The largest absolute Gasteiger partial charge is 0.339 e. The summed E-state index contributed by atoms with van der Waals surface area (Å²) in [6.07, 6.45) is 2.12. The molecule has 0 aromatic carbocycles. The highest BCUT2D eigenvalue weighted by Gasteiger charge is 2.49. The van der Waals surface area contributed by atoms with Crippen LogP contribution < -0.4 is 5.73 Å². The Labute approximate surface area is 109 Å². The number of rotatable bonds is 4. The van der Waals surface area contributed by atoms with Crippen LogP contribution in [0.2, 0.25) is 0 Å². The van der Waals surface area contributed by atoms with Crippen molar-refractivity contribution in [2.45, 2.75) is 59.3 Å². The number of hydrogen-bond acceptors (Lipinski definition) is 4. The molecule has 0 radical (unpaired) electrons. The normalized spacial score (nSPS) is 24.0. The fourth-order valence-corrected chi connectivity index (χ4v) is 2.47. The molecule has 1 aliphatic carbocycles. The second kappa shape index (κ2) is 4.34. The van der Waals surface area contributed by atoms with Gasteiger partial charge in [0.1, 0.15) is 0 Å². The van der Waals surface area contributed by atoms with Gasteiger partial charge in [0.2, 0.25) is 5.89 Å². The molecule has 1 aromatic heterocycles. The van der Waals surface area contributed by atoms with Crippen LogP contribution in [0.15, 0.2) is 4.52 Å². The van der Waals surface area contributed by atoms with Crippen LogP contribution in [0.5, 0.6) is 0 Å². The Kier molecular flexibility index (Phi) is 3.26. The fourth-order valence-electron chi connectivity index (χ4n) is 2.47. The van der Waals surface area contributed by atoms with E-state index in [1.807, 2.05) is 0 Å². The van der Waals surface area contributed by atoms with E-state index < -0.39 is 0 Å². The van der Waals surface area contributed by atoms with Crippen LogP contribution >= 0.6 is 0 Å². The molecule has 4 heteroatoms. The van der Waals surface area contributed by atoms with Crippen LogP contribution in [-0.4, -0.2) is 16.7 Å². The first-order chi connectivity index (χ1) is 8.23. The lowest BCUT2D eigenvalue weighted by atomic mass is 9.84. The van der Waals surface area contributed by atoms with Crippen molar-refractivity contribution in [1.29, 1.82) is 0 Å². The molecule has 0 bridgehead atoms. The predicted octanol–water partition coefficient (Wildman–Crippen LogP) is 3.06. The number of nitrogens with two attached hydrogens (primary N) is 1. The maximum absolute atomic E-state index is 5.84. The van der Waals surface area contributed by atoms with Crippen molar-refractivity contribution in [2.75, 3.05) is 6.54 Å². The molecule has 1 aliphatic rings. The van der Waals surface area contributed by atoms with Crippen LogP contribution in [-0.2, 0) is 0 Å². The highest BCUT2D eigenvalue weighted by atomic mass is 16.5. The molecule has 0 amide bonds. The summed E-state index contributed by atoms with van der Waals surface area (Å²) in [7, 11) is 0. The fraction of sp³-hybridized carbons (Fsp3) is 0.857. The second-order valence-corrected chi connectivity index (χ2v) is 7.43. The van der Waals surface area contributed by atoms with Crippen LogP contribution in [0, 0.1) is 10.8 Å². The first-order valence-corrected chi connectivity index (χ1v) is 6.76. The van der Waals surface area contributed by atoms with Gasteiger partial charge in [0.05, 0.1) is 5.92 Å². The van der Waals surface area contributed by atoms with Crippen LogP contribution in [0.1, 0.15) is 71.0 Å². The molecular formula is C14H25N3O. The molecule has 18 heavy (non-hydrogen) atoms. The van der Waals surface area contributed by atoms with Crippen molar-refractivity contribution in [3.63, 3.8) is 0 Å². The third kappa shape index (κ3) is 2.91. The van der Waals surface area contributed by atoms with Gasteiger partial charge in [-0.15, -0.1) is 0 Å². The summed E-state index contributed by atoms with van der Waals surface area (Å²) >= 11 is 0. The third-order valence-corrected chi connectivity index (χ3v) is 3.78. The Morgan fingerprint density at radius 2 is 2.06 bits per heavy atom. The Morgan fingerprint density at radius 1 is 1.44 bits per heavy atom. The maximum atomic E-state index is 5.84. The monoisotopic (exact) mass is 251 g/mol. The van der Waals surface area contributed by atoms with Gasteiger partial charge in [0.25, 0.3) is 0 Å².